The third-order valence-electron chi connectivity index (χ3n) is 4.58. The van der Waals surface area contributed by atoms with E-state index >= 15 is 0 Å². The van der Waals surface area contributed by atoms with Crippen LogP contribution in [0.15, 0.2) is 47.4 Å². The summed E-state index contributed by atoms with van der Waals surface area (Å²) >= 11 is 1.79. The molecule has 23 heavy (non-hydrogen) atoms. The van der Waals surface area contributed by atoms with Crippen LogP contribution >= 0.6 is 11.8 Å². The molecule has 0 aromatic heterocycles. The van der Waals surface area contributed by atoms with Gasteiger partial charge in [0.25, 0.3) is 0 Å². The summed E-state index contributed by atoms with van der Waals surface area (Å²) in [7, 11) is 3.76. The molecule has 0 radical (unpaired) electrons. The lowest BCUT2D eigenvalue weighted by Gasteiger charge is -2.42. The van der Waals surface area contributed by atoms with Crippen LogP contribution < -0.4 is 20.5 Å². The Balaban J connectivity index is 1.95. The Labute approximate surface area is 140 Å². The molecule has 1 fully saturated rings. The fraction of sp³-hybridized carbons (Fsp3) is 0.263. The number of methoxy groups -OCH3 is 1. The minimum Gasteiger partial charge on any atom is -0.497 e. The van der Waals surface area contributed by atoms with E-state index in [1.807, 2.05) is 13.1 Å². The van der Waals surface area contributed by atoms with Crippen LogP contribution in [0.4, 0.5) is 0 Å². The zero-order chi connectivity index (χ0) is 15.8. The van der Waals surface area contributed by atoms with Crippen molar-refractivity contribution >= 4 is 22.9 Å². The zero-order valence-electron chi connectivity index (χ0n) is 13.4. The van der Waals surface area contributed by atoms with Gasteiger partial charge in [-0.25, -0.2) is 0 Å². The van der Waals surface area contributed by atoms with E-state index in [4.69, 9.17) is 4.74 Å². The number of likely N-dealkylation sites (N-methyl/N-ethyl adjacent to an activating group) is 1. The van der Waals surface area contributed by atoms with Crippen LogP contribution in [0.5, 0.6) is 5.75 Å². The average molecular weight is 324 g/mol. The highest BCUT2D eigenvalue weighted by Crippen LogP contribution is 2.35. The first-order valence-electron chi connectivity index (χ1n) is 7.87. The number of ether oxygens (including phenoxy) is 1. The Hall–Kier alpha value is -1.91. The lowest BCUT2D eigenvalue weighted by molar-refractivity contribution is 0.209. The van der Waals surface area contributed by atoms with Gasteiger partial charge in [0, 0.05) is 34.8 Å². The molecule has 2 aromatic rings. The highest BCUT2D eigenvalue weighted by molar-refractivity contribution is 8.06. The van der Waals surface area contributed by atoms with Gasteiger partial charge in [0.05, 0.1) is 12.8 Å². The summed E-state index contributed by atoms with van der Waals surface area (Å²) in [5.74, 6) is 0.909. The Kier molecular flexibility index (Phi) is 3.79. The van der Waals surface area contributed by atoms with Crippen molar-refractivity contribution in [3.05, 3.63) is 58.5 Å². The summed E-state index contributed by atoms with van der Waals surface area (Å²) in [4.78, 5) is 3.75. The van der Waals surface area contributed by atoms with Crippen molar-refractivity contribution in [2.75, 3.05) is 27.2 Å². The molecule has 4 rings (SSSR count). The smallest absolute Gasteiger partial charge is 0.119 e. The van der Waals surface area contributed by atoms with Crippen LogP contribution in [0.3, 0.4) is 0 Å². The van der Waals surface area contributed by atoms with Crippen LogP contribution in [0, 0.1) is 0 Å². The molecule has 0 spiro atoms. The van der Waals surface area contributed by atoms with Crippen LogP contribution in [0.2, 0.25) is 0 Å². The van der Waals surface area contributed by atoms with Crippen molar-refractivity contribution in [3.63, 3.8) is 0 Å². The van der Waals surface area contributed by atoms with Crippen molar-refractivity contribution in [2.45, 2.75) is 10.9 Å². The predicted octanol–water partition coefficient (Wildman–Crippen LogP) is 1.60. The Morgan fingerprint density at radius 2 is 2.00 bits per heavy atom. The highest BCUT2D eigenvalue weighted by atomic mass is 32.2. The van der Waals surface area contributed by atoms with Gasteiger partial charge >= 0.3 is 0 Å². The maximum Gasteiger partial charge on any atom is 0.119 e. The fourth-order valence-electron chi connectivity index (χ4n) is 3.20. The van der Waals surface area contributed by atoms with E-state index in [1.54, 1.807) is 18.9 Å². The second-order valence-electron chi connectivity index (χ2n) is 5.92. The van der Waals surface area contributed by atoms with E-state index in [1.165, 1.54) is 26.6 Å². The van der Waals surface area contributed by atoms with Crippen molar-refractivity contribution in [2.24, 2.45) is 0 Å². The molecule has 3 nitrogen and oxygen atoms in total. The van der Waals surface area contributed by atoms with E-state index in [-0.39, 0.29) is 0 Å². The average Bonchev–Trinajstić information content (AvgIpc) is 2.71. The molecule has 1 N–H and O–H groups in total. The number of hydrogen-bond acceptors (Lipinski definition) is 4. The van der Waals surface area contributed by atoms with Crippen LogP contribution in [-0.2, 0) is 0 Å². The molecule has 4 heteroatoms. The van der Waals surface area contributed by atoms with Gasteiger partial charge in [0.15, 0.2) is 0 Å². The summed E-state index contributed by atoms with van der Waals surface area (Å²) in [5, 5.41) is 8.21. The molecule has 2 aliphatic rings. The second-order valence-corrected chi connectivity index (χ2v) is 6.84. The van der Waals surface area contributed by atoms with Gasteiger partial charge in [0.1, 0.15) is 5.75 Å². The monoisotopic (exact) mass is 324 g/mol. The number of nitrogens with one attached hydrogen (secondary N) is 1. The Morgan fingerprint density at radius 1 is 1.17 bits per heavy atom. The summed E-state index contributed by atoms with van der Waals surface area (Å²) < 4.78 is 5.47. The predicted molar refractivity (Wildman–Crippen MR) is 95.9 cm³/mol. The number of benzene rings is 2. The SMILES string of the molecule is CNC1CN(C2=c3ccccc3=CSc3ccc(OC)cc32)C1. The number of rotatable bonds is 3. The van der Waals surface area contributed by atoms with E-state index in [0.717, 1.165) is 18.8 Å². The van der Waals surface area contributed by atoms with Gasteiger partial charge in [-0.15, -0.1) is 0 Å². The first-order valence-corrected chi connectivity index (χ1v) is 8.75. The Bertz CT molecular complexity index is 856. The Morgan fingerprint density at radius 3 is 2.78 bits per heavy atom. The molecule has 2 aromatic carbocycles. The molecule has 2 heterocycles. The first-order chi connectivity index (χ1) is 11.3. The van der Waals surface area contributed by atoms with E-state index in [2.05, 4.69) is 52.0 Å². The van der Waals surface area contributed by atoms with Crippen LogP contribution in [0.25, 0.3) is 11.1 Å². The lowest BCUT2D eigenvalue weighted by Crippen LogP contribution is -2.57. The molecule has 0 aliphatic carbocycles. The minimum atomic E-state index is 0.573. The van der Waals surface area contributed by atoms with Crippen molar-refractivity contribution < 1.29 is 4.74 Å². The maximum atomic E-state index is 5.47. The first kappa shape index (κ1) is 14.7. The van der Waals surface area contributed by atoms with Crippen LogP contribution in [-0.4, -0.2) is 38.2 Å². The van der Waals surface area contributed by atoms with Crippen molar-refractivity contribution in [3.8, 4) is 5.75 Å². The number of nitrogens with zero attached hydrogens (tertiary/aromatic N) is 1. The molecular formula is C19H20N2OS. The molecule has 0 unspecified atom stereocenters. The summed E-state index contributed by atoms with van der Waals surface area (Å²) in [5.41, 5.74) is 2.59. The molecule has 1 saturated heterocycles. The van der Waals surface area contributed by atoms with Crippen molar-refractivity contribution in [1.82, 2.24) is 10.2 Å². The molecule has 118 valence electrons. The third kappa shape index (κ3) is 2.52. The summed E-state index contributed by atoms with van der Waals surface area (Å²) in [6.07, 6.45) is 0. The number of thioether (sulfide) groups is 1. The molecular weight excluding hydrogens is 304 g/mol. The van der Waals surface area contributed by atoms with E-state index in [0.29, 0.717) is 6.04 Å². The molecule has 2 aliphatic heterocycles. The number of fused-ring (bicyclic) bond motifs is 2. The van der Waals surface area contributed by atoms with E-state index < -0.39 is 0 Å². The molecule has 0 bridgehead atoms. The maximum absolute atomic E-state index is 5.47. The van der Waals surface area contributed by atoms with Gasteiger partial charge in [-0.1, -0.05) is 36.0 Å². The zero-order valence-corrected chi connectivity index (χ0v) is 14.2. The molecule has 0 amide bonds. The van der Waals surface area contributed by atoms with Gasteiger partial charge in [-0.05, 0) is 35.9 Å². The third-order valence-corrected chi connectivity index (χ3v) is 5.56. The highest BCUT2D eigenvalue weighted by Gasteiger charge is 2.29. The molecule has 0 saturated carbocycles. The topological polar surface area (TPSA) is 24.5 Å². The number of hydrogen-bond donors (Lipinski definition) is 1. The quantitative estimate of drug-likeness (QED) is 0.927. The van der Waals surface area contributed by atoms with Crippen LogP contribution in [0.1, 0.15) is 5.56 Å². The normalized spacial score (nSPS) is 16.8. The largest absolute Gasteiger partial charge is 0.497 e. The van der Waals surface area contributed by atoms with Gasteiger partial charge in [-0.2, -0.15) is 0 Å². The lowest BCUT2D eigenvalue weighted by atomic mass is 10.0. The summed E-state index contributed by atoms with van der Waals surface area (Å²) in [6.45, 7) is 2.09. The standard InChI is InChI=1S/C19H20N2OS/c1-20-14-10-21(11-14)19-16-6-4-3-5-13(16)12-23-18-8-7-15(22-2)9-17(18)19/h3-9,12,14,20H,10-11H2,1-2H3. The number of likely N-dealkylation sites (tertiary alicyclic amines) is 1. The van der Waals surface area contributed by atoms with Gasteiger partial charge < -0.3 is 15.0 Å². The van der Waals surface area contributed by atoms with Gasteiger partial charge in [-0.3, -0.25) is 0 Å². The molecule has 0 atom stereocenters. The van der Waals surface area contributed by atoms with Gasteiger partial charge in [0.2, 0.25) is 0 Å². The van der Waals surface area contributed by atoms with Crippen molar-refractivity contribution in [1.29, 1.82) is 0 Å². The fourth-order valence-corrected chi connectivity index (χ4v) is 4.08. The van der Waals surface area contributed by atoms with E-state index in [9.17, 15) is 0 Å². The second kappa shape index (κ2) is 5.95. The summed E-state index contributed by atoms with van der Waals surface area (Å²) in [6, 6.07) is 15.6. The minimum absolute atomic E-state index is 0.573.